The highest BCUT2D eigenvalue weighted by atomic mass is 19.1. The van der Waals surface area contributed by atoms with Gasteiger partial charge in [-0.2, -0.15) is 0 Å². The molecule has 158 valence electrons. The number of nitrogens with two attached hydrogens (primary N) is 1. The number of benzene rings is 2. The number of methoxy groups -OCH3 is 1. The molecule has 0 saturated carbocycles. The monoisotopic (exact) mass is 418 g/mol. The molecule has 11 heteroatoms. The van der Waals surface area contributed by atoms with E-state index in [0.717, 1.165) is 24.1 Å². The number of urea groups is 1. The van der Waals surface area contributed by atoms with Crippen LogP contribution in [0.1, 0.15) is 5.56 Å². The Balaban J connectivity index is 2.29. The number of phenolic OH excluding ortho intramolecular Hbond substituents is 1. The van der Waals surface area contributed by atoms with Crippen molar-refractivity contribution in [3.63, 3.8) is 0 Å². The standard InChI is InChI=1S/C19H19FN4O6/c1-23-16(26)19(22-17(27)28,13-9-12(30-2)7-8-14(13)25)15(21)24(18(23)29)11-5-3-10(20)4-6-11/h3-9,15,22,25H,21H2,1-2H3,(H,27,28). The summed E-state index contributed by atoms with van der Waals surface area (Å²) in [6.07, 6.45) is -3.25. The number of nitrogens with zero attached hydrogens (tertiary/aromatic N) is 2. The van der Waals surface area contributed by atoms with Gasteiger partial charge in [0.2, 0.25) is 0 Å². The molecule has 2 aromatic rings. The van der Waals surface area contributed by atoms with Crippen LogP contribution in [-0.2, 0) is 10.3 Å². The van der Waals surface area contributed by atoms with Crippen molar-refractivity contribution in [2.45, 2.75) is 11.7 Å². The number of ether oxygens (including phenoxy) is 1. The summed E-state index contributed by atoms with van der Waals surface area (Å²) in [6, 6.07) is 7.68. The average molecular weight is 418 g/mol. The van der Waals surface area contributed by atoms with Crippen LogP contribution < -0.4 is 20.7 Å². The van der Waals surface area contributed by atoms with Crippen LogP contribution >= 0.6 is 0 Å². The Morgan fingerprint density at radius 3 is 2.43 bits per heavy atom. The fourth-order valence-corrected chi connectivity index (χ4v) is 3.42. The van der Waals surface area contributed by atoms with Gasteiger partial charge in [0.25, 0.3) is 5.91 Å². The van der Waals surface area contributed by atoms with Crippen molar-refractivity contribution in [3.8, 4) is 11.5 Å². The first-order valence-electron chi connectivity index (χ1n) is 8.64. The van der Waals surface area contributed by atoms with Crippen LogP contribution in [-0.4, -0.2) is 53.5 Å². The number of anilines is 1. The molecule has 2 atom stereocenters. The molecule has 1 aliphatic rings. The van der Waals surface area contributed by atoms with Crippen LogP contribution in [0.4, 0.5) is 19.7 Å². The van der Waals surface area contributed by atoms with E-state index in [-0.39, 0.29) is 17.0 Å². The van der Waals surface area contributed by atoms with E-state index >= 15 is 0 Å². The minimum absolute atomic E-state index is 0.118. The Morgan fingerprint density at radius 2 is 1.87 bits per heavy atom. The maximum atomic E-state index is 13.4. The highest BCUT2D eigenvalue weighted by Crippen LogP contribution is 2.40. The average Bonchev–Trinajstić information content (AvgIpc) is 2.71. The number of phenols is 1. The van der Waals surface area contributed by atoms with E-state index in [9.17, 15) is 29.0 Å². The van der Waals surface area contributed by atoms with E-state index in [2.05, 4.69) is 5.32 Å². The van der Waals surface area contributed by atoms with Crippen LogP contribution in [0.25, 0.3) is 0 Å². The van der Waals surface area contributed by atoms with Gasteiger partial charge in [-0.15, -0.1) is 0 Å². The van der Waals surface area contributed by atoms with Crippen molar-refractivity contribution in [1.82, 2.24) is 10.2 Å². The maximum absolute atomic E-state index is 13.4. The highest BCUT2D eigenvalue weighted by Gasteiger charge is 2.59. The highest BCUT2D eigenvalue weighted by molar-refractivity contribution is 6.11. The first-order valence-corrected chi connectivity index (χ1v) is 8.64. The van der Waals surface area contributed by atoms with Gasteiger partial charge in [0.1, 0.15) is 23.5 Å². The quantitative estimate of drug-likeness (QED) is 0.587. The molecule has 1 aliphatic heterocycles. The van der Waals surface area contributed by atoms with Gasteiger partial charge in [-0.3, -0.25) is 19.9 Å². The van der Waals surface area contributed by atoms with Gasteiger partial charge < -0.3 is 20.7 Å². The summed E-state index contributed by atoms with van der Waals surface area (Å²) in [6.45, 7) is 0. The Morgan fingerprint density at radius 1 is 1.23 bits per heavy atom. The fraction of sp³-hybridized carbons (Fsp3) is 0.211. The number of imide groups is 1. The number of halogens is 1. The van der Waals surface area contributed by atoms with Crippen LogP contribution in [0.5, 0.6) is 11.5 Å². The number of carboxylic acid groups (broad SMARTS) is 1. The third-order valence-electron chi connectivity index (χ3n) is 4.89. The lowest BCUT2D eigenvalue weighted by atomic mass is 9.82. The molecule has 1 fully saturated rings. The number of aromatic hydroxyl groups is 1. The van der Waals surface area contributed by atoms with E-state index < -0.39 is 41.3 Å². The number of amides is 4. The van der Waals surface area contributed by atoms with Crippen LogP contribution in [0.15, 0.2) is 42.5 Å². The molecule has 0 radical (unpaired) electrons. The second-order valence-corrected chi connectivity index (χ2v) is 6.56. The molecule has 4 amide bonds. The molecule has 1 saturated heterocycles. The van der Waals surface area contributed by atoms with Crippen molar-refractivity contribution in [2.75, 3.05) is 19.1 Å². The van der Waals surface area contributed by atoms with Crippen molar-refractivity contribution >= 4 is 23.7 Å². The molecular formula is C19H19FN4O6. The zero-order valence-electron chi connectivity index (χ0n) is 16.0. The smallest absolute Gasteiger partial charge is 0.405 e. The van der Waals surface area contributed by atoms with Gasteiger partial charge in [0.15, 0.2) is 5.54 Å². The molecule has 2 aromatic carbocycles. The number of rotatable bonds is 4. The van der Waals surface area contributed by atoms with E-state index in [1.165, 1.54) is 37.4 Å². The number of hydrogen-bond donors (Lipinski definition) is 4. The predicted molar refractivity (Wildman–Crippen MR) is 103 cm³/mol. The number of carbonyl (C=O) groups excluding carboxylic acids is 2. The molecule has 0 bridgehead atoms. The van der Waals surface area contributed by atoms with Crippen molar-refractivity contribution in [3.05, 3.63) is 53.8 Å². The Kier molecular flexibility index (Phi) is 5.23. The van der Waals surface area contributed by atoms with Crippen LogP contribution in [0, 0.1) is 5.82 Å². The van der Waals surface area contributed by atoms with Gasteiger partial charge in [-0.05, 0) is 42.5 Å². The molecule has 0 spiro atoms. The maximum Gasteiger partial charge on any atom is 0.405 e. The summed E-state index contributed by atoms with van der Waals surface area (Å²) in [5.41, 5.74) is 3.91. The summed E-state index contributed by atoms with van der Waals surface area (Å²) in [5.74, 6) is -1.82. The van der Waals surface area contributed by atoms with Gasteiger partial charge >= 0.3 is 12.1 Å². The molecule has 2 unspecified atom stereocenters. The summed E-state index contributed by atoms with van der Waals surface area (Å²) in [5, 5.41) is 22.0. The predicted octanol–water partition coefficient (Wildman–Crippen LogP) is 1.39. The molecule has 1 heterocycles. The Labute approximate surface area is 170 Å². The normalized spacial score (nSPS) is 21.5. The summed E-state index contributed by atoms with van der Waals surface area (Å²) < 4.78 is 18.5. The Bertz CT molecular complexity index is 1010. The lowest BCUT2D eigenvalue weighted by molar-refractivity contribution is -0.137. The number of likely N-dealkylation sites (N-methyl/N-ethyl adjacent to an activating group) is 1. The number of nitrogens with one attached hydrogen (secondary N) is 1. The molecule has 0 aliphatic carbocycles. The minimum atomic E-state index is -2.29. The van der Waals surface area contributed by atoms with Crippen molar-refractivity contribution in [2.24, 2.45) is 5.73 Å². The SMILES string of the molecule is COc1ccc(O)c(C2(NC(=O)O)C(=O)N(C)C(=O)N(c3ccc(F)cc3)C2N)c1. The third kappa shape index (κ3) is 3.14. The van der Waals surface area contributed by atoms with E-state index in [1.807, 2.05) is 0 Å². The molecule has 0 aromatic heterocycles. The first-order chi connectivity index (χ1) is 14.1. The van der Waals surface area contributed by atoms with Gasteiger partial charge in [0.05, 0.1) is 7.11 Å². The largest absolute Gasteiger partial charge is 0.508 e. The summed E-state index contributed by atoms with van der Waals surface area (Å²) in [7, 11) is 2.49. The van der Waals surface area contributed by atoms with Crippen molar-refractivity contribution in [1.29, 1.82) is 0 Å². The molecule has 10 nitrogen and oxygen atoms in total. The zero-order chi connectivity index (χ0) is 22.2. The topological polar surface area (TPSA) is 145 Å². The van der Waals surface area contributed by atoms with E-state index in [1.54, 1.807) is 0 Å². The van der Waals surface area contributed by atoms with Gasteiger partial charge in [-0.25, -0.2) is 14.0 Å². The number of hydrogen-bond acceptors (Lipinski definition) is 6. The minimum Gasteiger partial charge on any atom is -0.508 e. The molecule has 5 N–H and O–H groups in total. The zero-order valence-corrected chi connectivity index (χ0v) is 16.0. The summed E-state index contributed by atoms with van der Waals surface area (Å²) in [4.78, 5) is 39.4. The second-order valence-electron chi connectivity index (χ2n) is 6.56. The molecule has 3 rings (SSSR count). The lowest BCUT2D eigenvalue weighted by Gasteiger charge is -2.49. The van der Waals surface area contributed by atoms with Crippen molar-refractivity contribution < 1.29 is 33.7 Å². The van der Waals surface area contributed by atoms with Crippen LogP contribution in [0.2, 0.25) is 0 Å². The molecule has 30 heavy (non-hydrogen) atoms. The molecular weight excluding hydrogens is 399 g/mol. The first kappa shape index (κ1) is 20.9. The van der Waals surface area contributed by atoms with Gasteiger partial charge in [0, 0.05) is 18.3 Å². The van der Waals surface area contributed by atoms with Crippen LogP contribution in [0.3, 0.4) is 0 Å². The van der Waals surface area contributed by atoms with E-state index in [4.69, 9.17) is 10.5 Å². The Hall–Kier alpha value is -3.86. The summed E-state index contributed by atoms with van der Waals surface area (Å²) >= 11 is 0. The third-order valence-corrected chi connectivity index (χ3v) is 4.89. The van der Waals surface area contributed by atoms with E-state index in [0.29, 0.717) is 4.90 Å². The number of carbonyl (C=O) groups is 3. The lowest BCUT2D eigenvalue weighted by Crippen LogP contribution is -2.76. The van der Waals surface area contributed by atoms with Gasteiger partial charge in [-0.1, -0.05) is 0 Å². The fourth-order valence-electron chi connectivity index (χ4n) is 3.42. The second kappa shape index (κ2) is 7.52.